The quantitative estimate of drug-likeness (QED) is 0.884. The van der Waals surface area contributed by atoms with Gasteiger partial charge in [0.2, 0.25) is 0 Å². The van der Waals surface area contributed by atoms with Crippen LogP contribution in [0.1, 0.15) is 28.5 Å². The Labute approximate surface area is 123 Å². The molecule has 21 heavy (non-hydrogen) atoms. The van der Waals surface area contributed by atoms with Crippen LogP contribution in [0.15, 0.2) is 10.9 Å². The van der Waals surface area contributed by atoms with Crippen molar-refractivity contribution in [3.05, 3.63) is 44.9 Å². The molecule has 6 heteroatoms. The summed E-state index contributed by atoms with van der Waals surface area (Å²) < 4.78 is 1.64. The fraction of sp³-hybridized carbons (Fsp3) is 0.533. The molecule has 1 N–H and O–H groups in total. The maximum Gasteiger partial charge on any atom is 0.256 e. The molecule has 3 heterocycles. The molecule has 0 unspecified atom stereocenters. The number of aryl methyl sites for hydroxylation is 2. The predicted octanol–water partition coefficient (Wildman–Crippen LogP) is 0.721. The average Bonchev–Trinajstić information content (AvgIpc) is 2.75. The number of hydrogen-bond donors (Lipinski definition) is 1. The minimum Gasteiger partial charge on any atom is -0.300 e. The molecule has 2 aromatic heterocycles. The zero-order valence-electron chi connectivity index (χ0n) is 12.8. The van der Waals surface area contributed by atoms with Gasteiger partial charge in [-0.25, -0.2) is 4.98 Å². The van der Waals surface area contributed by atoms with Crippen LogP contribution in [-0.2, 0) is 26.4 Å². The molecule has 0 atom stereocenters. The first-order chi connectivity index (χ1) is 10.0. The topological polar surface area (TPSA) is 66.8 Å². The number of nitrogens with zero attached hydrogens (tertiary/aromatic N) is 4. The Morgan fingerprint density at radius 1 is 1.29 bits per heavy atom. The van der Waals surface area contributed by atoms with Crippen LogP contribution in [-0.4, -0.2) is 37.7 Å². The lowest BCUT2D eigenvalue weighted by molar-refractivity contribution is 0.275. The lowest BCUT2D eigenvalue weighted by Gasteiger charge is -2.17. The first-order valence-corrected chi connectivity index (χ1v) is 7.33. The smallest absolute Gasteiger partial charge is 0.256 e. The van der Waals surface area contributed by atoms with Crippen molar-refractivity contribution in [1.29, 1.82) is 0 Å². The molecular formula is C15H21N5O. The van der Waals surface area contributed by atoms with Crippen LogP contribution in [0.2, 0.25) is 0 Å². The van der Waals surface area contributed by atoms with Crippen molar-refractivity contribution in [2.75, 3.05) is 13.1 Å². The van der Waals surface area contributed by atoms with Crippen LogP contribution in [0.4, 0.5) is 0 Å². The molecule has 1 aliphatic rings. The summed E-state index contributed by atoms with van der Waals surface area (Å²) in [4.78, 5) is 19.3. The number of nitrogens with one attached hydrogen (secondary N) is 1. The Bertz CT molecular complexity index is 715. The molecule has 6 nitrogen and oxygen atoms in total. The third kappa shape index (κ3) is 2.76. The fourth-order valence-corrected chi connectivity index (χ4v) is 2.86. The van der Waals surface area contributed by atoms with Crippen molar-refractivity contribution in [1.82, 2.24) is 24.6 Å². The zero-order chi connectivity index (χ0) is 15.0. The van der Waals surface area contributed by atoms with Crippen molar-refractivity contribution >= 4 is 0 Å². The summed E-state index contributed by atoms with van der Waals surface area (Å²) >= 11 is 0. The number of H-pyrrole nitrogens is 1. The highest BCUT2D eigenvalue weighted by Crippen LogP contribution is 2.13. The molecule has 0 radical (unpaired) electrons. The molecule has 3 rings (SSSR count). The minimum atomic E-state index is 0.106. The van der Waals surface area contributed by atoms with Gasteiger partial charge < -0.3 is 0 Å². The number of fused-ring (bicyclic) bond motifs is 1. The maximum absolute atomic E-state index is 12.3. The lowest BCUT2D eigenvalue weighted by atomic mass is 10.1. The van der Waals surface area contributed by atoms with Gasteiger partial charge in [0, 0.05) is 44.4 Å². The molecule has 112 valence electrons. The van der Waals surface area contributed by atoms with Gasteiger partial charge in [0.15, 0.2) is 0 Å². The van der Waals surface area contributed by atoms with E-state index in [4.69, 9.17) is 0 Å². The van der Waals surface area contributed by atoms with Crippen LogP contribution in [0.5, 0.6) is 0 Å². The van der Waals surface area contributed by atoms with E-state index < -0.39 is 0 Å². The first-order valence-electron chi connectivity index (χ1n) is 7.33. The summed E-state index contributed by atoms with van der Waals surface area (Å²) in [5, 5.41) is 7.26. The second-order valence-electron chi connectivity index (χ2n) is 5.77. The van der Waals surface area contributed by atoms with Crippen molar-refractivity contribution < 1.29 is 0 Å². The molecule has 2 aromatic rings. The number of hydrogen-bond acceptors (Lipinski definition) is 4. The van der Waals surface area contributed by atoms with E-state index in [0.717, 1.165) is 60.9 Å². The normalized spacial score (nSPS) is 15.8. The highest BCUT2D eigenvalue weighted by molar-refractivity contribution is 5.21. The van der Waals surface area contributed by atoms with E-state index in [2.05, 4.69) is 26.1 Å². The van der Waals surface area contributed by atoms with E-state index in [0.29, 0.717) is 0 Å². The van der Waals surface area contributed by atoms with Crippen molar-refractivity contribution in [3.63, 3.8) is 0 Å². The minimum absolute atomic E-state index is 0.106. The molecular weight excluding hydrogens is 266 g/mol. The Hall–Kier alpha value is -1.95. The van der Waals surface area contributed by atoms with Crippen LogP contribution in [0.25, 0.3) is 0 Å². The fourth-order valence-electron chi connectivity index (χ4n) is 2.86. The molecule has 0 saturated carbocycles. The third-order valence-electron chi connectivity index (χ3n) is 4.18. The van der Waals surface area contributed by atoms with Crippen LogP contribution in [0.3, 0.4) is 0 Å². The van der Waals surface area contributed by atoms with Crippen LogP contribution >= 0.6 is 0 Å². The zero-order valence-corrected chi connectivity index (χ0v) is 12.8. The number of aromatic amines is 1. The highest BCUT2D eigenvalue weighted by Gasteiger charge is 2.19. The molecule has 0 bridgehead atoms. The van der Waals surface area contributed by atoms with Gasteiger partial charge in [0.25, 0.3) is 5.56 Å². The summed E-state index contributed by atoms with van der Waals surface area (Å²) in [6.45, 7) is 6.50. The van der Waals surface area contributed by atoms with E-state index in [9.17, 15) is 4.79 Å². The molecule has 0 saturated heterocycles. The second kappa shape index (κ2) is 5.44. The van der Waals surface area contributed by atoms with Crippen LogP contribution in [0, 0.1) is 13.8 Å². The molecule has 0 aliphatic carbocycles. The Kier molecular flexibility index (Phi) is 3.63. The highest BCUT2D eigenvalue weighted by atomic mass is 16.1. The number of aromatic nitrogens is 4. The summed E-state index contributed by atoms with van der Waals surface area (Å²) in [6, 6.07) is 2.07. The SMILES string of the molecule is Cc1cc(CN2CCc3nc(C)n(C)c(=O)c3CC2)n[nH]1. The standard InChI is InChI=1S/C15H21N5O/c1-10-8-12(18-17-10)9-20-6-4-13-14(5-7-20)16-11(2)19(3)15(13)21/h8H,4-7,9H2,1-3H3,(H,17,18). The summed E-state index contributed by atoms with van der Waals surface area (Å²) in [6.07, 6.45) is 1.59. The van der Waals surface area contributed by atoms with Crippen LogP contribution < -0.4 is 5.56 Å². The summed E-state index contributed by atoms with van der Waals surface area (Å²) in [7, 11) is 1.79. The van der Waals surface area contributed by atoms with E-state index >= 15 is 0 Å². The van der Waals surface area contributed by atoms with Crippen molar-refractivity contribution in [3.8, 4) is 0 Å². The summed E-state index contributed by atoms with van der Waals surface area (Å²) in [5.41, 5.74) is 4.08. The van der Waals surface area contributed by atoms with E-state index in [1.807, 2.05) is 13.8 Å². The predicted molar refractivity (Wildman–Crippen MR) is 80.2 cm³/mol. The van der Waals surface area contributed by atoms with Gasteiger partial charge in [-0.2, -0.15) is 5.10 Å². The van der Waals surface area contributed by atoms with E-state index in [1.165, 1.54) is 0 Å². The Morgan fingerprint density at radius 3 is 2.76 bits per heavy atom. The van der Waals surface area contributed by atoms with Gasteiger partial charge in [-0.1, -0.05) is 0 Å². The monoisotopic (exact) mass is 287 g/mol. The lowest BCUT2D eigenvalue weighted by Crippen LogP contribution is -2.28. The van der Waals surface area contributed by atoms with Gasteiger partial charge in [0.05, 0.1) is 11.4 Å². The molecule has 0 amide bonds. The van der Waals surface area contributed by atoms with Gasteiger partial charge in [-0.05, 0) is 26.3 Å². The van der Waals surface area contributed by atoms with Crippen molar-refractivity contribution in [2.45, 2.75) is 33.2 Å². The van der Waals surface area contributed by atoms with Gasteiger partial charge >= 0.3 is 0 Å². The largest absolute Gasteiger partial charge is 0.300 e. The molecule has 0 spiro atoms. The molecule has 1 aliphatic heterocycles. The first kappa shape index (κ1) is 14.0. The van der Waals surface area contributed by atoms with Gasteiger partial charge in [0.1, 0.15) is 5.82 Å². The van der Waals surface area contributed by atoms with Crippen molar-refractivity contribution in [2.24, 2.45) is 7.05 Å². The summed E-state index contributed by atoms with van der Waals surface area (Å²) in [5.74, 6) is 0.787. The van der Waals surface area contributed by atoms with E-state index in [-0.39, 0.29) is 5.56 Å². The van der Waals surface area contributed by atoms with Gasteiger partial charge in [-0.3, -0.25) is 19.4 Å². The van der Waals surface area contributed by atoms with E-state index in [1.54, 1.807) is 11.6 Å². The maximum atomic E-state index is 12.3. The van der Waals surface area contributed by atoms with Gasteiger partial charge in [-0.15, -0.1) is 0 Å². The Morgan fingerprint density at radius 2 is 2.05 bits per heavy atom. The molecule has 0 fully saturated rings. The second-order valence-corrected chi connectivity index (χ2v) is 5.77. The third-order valence-corrected chi connectivity index (χ3v) is 4.18. The average molecular weight is 287 g/mol. The number of rotatable bonds is 2. The molecule has 0 aromatic carbocycles. The Balaban J connectivity index is 1.79.